The second kappa shape index (κ2) is 6.33. The third kappa shape index (κ3) is 11.7. The van der Waals surface area contributed by atoms with Crippen molar-refractivity contribution in [2.24, 2.45) is 0 Å². The maximum absolute atomic E-state index is 8.98. The minimum atomic E-state index is -0.889. The summed E-state index contributed by atoms with van der Waals surface area (Å²) in [5, 5.41) is 0. The van der Waals surface area contributed by atoms with Crippen LogP contribution in [0.25, 0.3) is 0 Å². The zero-order valence-electron chi connectivity index (χ0n) is 4.90. The first-order valence-electron chi connectivity index (χ1n) is 2.66. The average molecular weight is 171 g/mol. The molecule has 0 N–H and O–H groups in total. The standard InChI is InChI=1S/C4H8O.CCl2O/c1-2-4-5-3-1;2-1(3)4/h1-4H2;. The van der Waals surface area contributed by atoms with Crippen LogP contribution in [-0.4, -0.2) is 17.9 Å². The quantitative estimate of drug-likeness (QED) is 0.523. The molecule has 0 bridgehead atoms. The lowest BCUT2D eigenvalue weighted by molar-refractivity contribution is 0.198. The number of ether oxygens (including phenoxy) is 1. The van der Waals surface area contributed by atoms with Gasteiger partial charge in [0.05, 0.1) is 0 Å². The molecule has 2 nitrogen and oxygen atoms in total. The number of hydrogen-bond acceptors (Lipinski definition) is 2. The fourth-order valence-electron chi connectivity index (χ4n) is 0.510. The van der Waals surface area contributed by atoms with E-state index in [1.807, 2.05) is 0 Å². The van der Waals surface area contributed by atoms with Crippen molar-refractivity contribution in [1.82, 2.24) is 0 Å². The highest BCUT2D eigenvalue weighted by Crippen LogP contribution is 1.98. The largest absolute Gasteiger partial charge is 0.381 e. The molecule has 1 fully saturated rings. The summed E-state index contributed by atoms with van der Waals surface area (Å²) in [6.45, 7) is 2.00. The number of carbonyl (C=O) groups excluding carboxylic acids is 1. The normalized spacial score (nSPS) is 16.2. The number of carbonyl (C=O) groups is 1. The Kier molecular flexibility index (Phi) is 6.48. The second-order valence-electron chi connectivity index (χ2n) is 1.55. The highest BCUT2D eigenvalue weighted by molar-refractivity contribution is 6.93. The molecule has 1 saturated heterocycles. The van der Waals surface area contributed by atoms with Crippen LogP contribution < -0.4 is 0 Å². The Labute approximate surface area is 64.1 Å². The van der Waals surface area contributed by atoms with Crippen molar-refractivity contribution in [3.05, 3.63) is 0 Å². The molecule has 0 aromatic rings. The minimum Gasteiger partial charge on any atom is -0.381 e. The van der Waals surface area contributed by atoms with Crippen molar-refractivity contribution in [1.29, 1.82) is 0 Å². The van der Waals surface area contributed by atoms with E-state index in [2.05, 4.69) is 23.2 Å². The van der Waals surface area contributed by atoms with Gasteiger partial charge in [-0.3, -0.25) is 4.79 Å². The topological polar surface area (TPSA) is 26.3 Å². The predicted molar refractivity (Wildman–Crippen MR) is 37.2 cm³/mol. The Morgan fingerprint density at radius 3 is 1.67 bits per heavy atom. The summed E-state index contributed by atoms with van der Waals surface area (Å²) < 4.78 is 4.06. The first kappa shape index (κ1) is 9.21. The molecule has 0 atom stereocenters. The van der Waals surface area contributed by atoms with Crippen LogP contribution in [0.4, 0.5) is 4.79 Å². The van der Waals surface area contributed by atoms with Gasteiger partial charge in [-0.15, -0.1) is 0 Å². The van der Waals surface area contributed by atoms with Gasteiger partial charge in [0.1, 0.15) is 0 Å². The molecular weight excluding hydrogens is 163 g/mol. The summed E-state index contributed by atoms with van der Waals surface area (Å²) in [7, 11) is 0. The van der Waals surface area contributed by atoms with Crippen molar-refractivity contribution in [3.8, 4) is 0 Å². The van der Waals surface area contributed by atoms with Gasteiger partial charge >= 0.3 is 4.70 Å². The summed E-state index contributed by atoms with van der Waals surface area (Å²) in [6.07, 6.45) is 2.56. The third-order valence-electron chi connectivity index (χ3n) is 0.827. The molecule has 0 radical (unpaired) electrons. The summed E-state index contributed by atoms with van der Waals surface area (Å²) in [6, 6.07) is 0. The van der Waals surface area contributed by atoms with Gasteiger partial charge in [-0.25, -0.2) is 0 Å². The highest BCUT2D eigenvalue weighted by Gasteiger charge is 1.94. The Morgan fingerprint density at radius 1 is 1.22 bits per heavy atom. The minimum absolute atomic E-state index is 0.889. The first-order chi connectivity index (χ1) is 4.23. The van der Waals surface area contributed by atoms with Crippen molar-refractivity contribution < 1.29 is 9.53 Å². The Balaban J connectivity index is 0.000000148. The van der Waals surface area contributed by atoms with Gasteiger partial charge in [0.2, 0.25) is 0 Å². The smallest absolute Gasteiger partial charge is 0.313 e. The summed E-state index contributed by atoms with van der Waals surface area (Å²) in [5.41, 5.74) is 0. The van der Waals surface area contributed by atoms with E-state index >= 15 is 0 Å². The molecule has 9 heavy (non-hydrogen) atoms. The van der Waals surface area contributed by atoms with Crippen LogP contribution in [0.5, 0.6) is 0 Å². The molecule has 0 amide bonds. The van der Waals surface area contributed by atoms with Gasteiger partial charge in [-0.1, -0.05) is 0 Å². The first-order valence-corrected chi connectivity index (χ1v) is 3.42. The Bertz CT molecular complexity index is 69.4. The van der Waals surface area contributed by atoms with Gasteiger partial charge in [0.25, 0.3) is 0 Å². The van der Waals surface area contributed by atoms with Crippen molar-refractivity contribution >= 4 is 27.9 Å². The van der Waals surface area contributed by atoms with E-state index in [9.17, 15) is 0 Å². The molecule has 1 heterocycles. The van der Waals surface area contributed by atoms with Crippen LogP contribution in [0.3, 0.4) is 0 Å². The average Bonchev–Trinajstić information content (AvgIpc) is 2.11. The van der Waals surface area contributed by atoms with Crippen LogP contribution >= 0.6 is 23.2 Å². The molecule has 0 aromatic carbocycles. The molecule has 4 heteroatoms. The maximum atomic E-state index is 8.98. The van der Waals surface area contributed by atoms with E-state index in [4.69, 9.17) is 9.53 Å². The lowest BCUT2D eigenvalue weighted by Crippen LogP contribution is -1.74. The van der Waals surface area contributed by atoms with E-state index in [1.165, 1.54) is 12.8 Å². The van der Waals surface area contributed by atoms with Gasteiger partial charge in [-0.05, 0) is 36.0 Å². The van der Waals surface area contributed by atoms with E-state index in [-0.39, 0.29) is 0 Å². The molecule has 0 aliphatic carbocycles. The molecule has 1 aliphatic heterocycles. The van der Waals surface area contributed by atoms with Gasteiger partial charge in [0.15, 0.2) is 0 Å². The second-order valence-corrected chi connectivity index (χ2v) is 2.43. The molecule has 1 rings (SSSR count). The van der Waals surface area contributed by atoms with Gasteiger partial charge in [-0.2, -0.15) is 0 Å². The number of halogens is 2. The molecular formula is C5H8Cl2O2. The van der Waals surface area contributed by atoms with Gasteiger partial charge < -0.3 is 4.74 Å². The van der Waals surface area contributed by atoms with Crippen LogP contribution in [0.1, 0.15) is 12.8 Å². The summed E-state index contributed by atoms with van der Waals surface area (Å²) in [4.78, 5) is 8.98. The highest BCUT2D eigenvalue weighted by atomic mass is 35.5. The molecule has 1 aliphatic rings. The zero-order chi connectivity index (χ0) is 7.11. The number of rotatable bonds is 0. The molecule has 54 valence electrons. The van der Waals surface area contributed by atoms with E-state index in [1.54, 1.807) is 0 Å². The van der Waals surface area contributed by atoms with E-state index < -0.39 is 4.70 Å². The van der Waals surface area contributed by atoms with E-state index in [0.29, 0.717) is 0 Å². The zero-order valence-corrected chi connectivity index (χ0v) is 6.41. The van der Waals surface area contributed by atoms with Crippen molar-refractivity contribution in [3.63, 3.8) is 0 Å². The Morgan fingerprint density at radius 2 is 1.56 bits per heavy atom. The molecule has 0 unspecified atom stereocenters. The molecule has 0 spiro atoms. The lowest BCUT2D eigenvalue weighted by atomic mass is 10.4. The SMILES string of the molecule is C1CCOC1.O=C(Cl)Cl. The van der Waals surface area contributed by atoms with Crippen LogP contribution in [-0.2, 0) is 4.74 Å². The summed E-state index contributed by atoms with van der Waals surface area (Å²) >= 11 is 8.80. The van der Waals surface area contributed by atoms with E-state index in [0.717, 1.165) is 13.2 Å². The van der Waals surface area contributed by atoms with Crippen LogP contribution in [0, 0.1) is 0 Å². The maximum Gasteiger partial charge on any atom is 0.313 e. The number of hydrogen-bond donors (Lipinski definition) is 0. The monoisotopic (exact) mass is 170 g/mol. The van der Waals surface area contributed by atoms with Crippen molar-refractivity contribution in [2.75, 3.05) is 13.2 Å². The van der Waals surface area contributed by atoms with Gasteiger partial charge in [0, 0.05) is 13.2 Å². The summed E-state index contributed by atoms with van der Waals surface area (Å²) in [5.74, 6) is 0. The molecule has 0 saturated carbocycles. The lowest BCUT2D eigenvalue weighted by Gasteiger charge is -1.76. The molecule has 0 aromatic heterocycles. The Hall–Kier alpha value is 0.210. The van der Waals surface area contributed by atoms with Crippen LogP contribution in [0.2, 0.25) is 0 Å². The van der Waals surface area contributed by atoms with Crippen molar-refractivity contribution in [2.45, 2.75) is 12.8 Å². The fourth-order valence-corrected chi connectivity index (χ4v) is 0.510. The van der Waals surface area contributed by atoms with Crippen LogP contribution in [0.15, 0.2) is 0 Å². The predicted octanol–water partition coefficient (Wildman–Crippen LogP) is 2.38. The fraction of sp³-hybridized carbons (Fsp3) is 0.800. The third-order valence-corrected chi connectivity index (χ3v) is 0.827.